The predicted octanol–water partition coefficient (Wildman–Crippen LogP) is -3.91. The minimum atomic E-state index is -0.688. The third kappa shape index (κ3) is 1.85. The Morgan fingerprint density at radius 2 is 2.25 bits per heavy atom. The molecule has 1 heterocycles. The first-order chi connectivity index (χ1) is 3.79. The van der Waals surface area contributed by atoms with Crippen LogP contribution in [0.3, 0.4) is 0 Å². The average Bonchev–Trinajstić information content (AvgIpc) is 1.64. The van der Waals surface area contributed by atoms with Crippen LogP contribution in [-0.2, 0) is 3.07 Å². The Kier molecular flexibility index (Phi) is 2.48. The van der Waals surface area contributed by atoms with Crippen molar-refractivity contribution in [3.63, 3.8) is 0 Å². The zero-order valence-corrected chi connectivity index (χ0v) is 6.41. The zero-order chi connectivity index (χ0) is 5.98. The molecule has 1 saturated heterocycles. The van der Waals surface area contributed by atoms with E-state index in [1.807, 2.05) is 0 Å². The van der Waals surface area contributed by atoms with Crippen molar-refractivity contribution in [1.29, 1.82) is 0 Å². The van der Waals surface area contributed by atoms with Crippen LogP contribution in [0.1, 0.15) is 6.42 Å². The quantitative estimate of drug-likeness (QED) is 0.331. The summed E-state index contributed by atoms with van der Waals surface area (Å²) in [4.78, 5) is 0. The van der Waals surface area contributed by atoms with E-state index in [1.165, 1.54) is 0 Å². The van der Waals surface area contributed by atoms with Crippen molar-refractivity contribution < 1.29 is 34.9 Å². The van der Waals surface area contributed by atoms with Crippen molar-refractivity contribution in [2.45, 2.75) is 18.8 Å². The van der Waals surface area contributed by atoms with Gasteiger partial charge in [-0.3, -0.25) is 0 Å². The van der Waals surface area contributed by atoms with E-state index in [-0.39, 0.29) is 27.7 Å². The number of hydrogen-bond donors (Lipinski definition) is 2. The maximum absolute atomic E-state index is 8.87. The van der Waals surface area contributed by atoms with Crippen molar-refractivity contribution >= 4 is 0 Å². The second-order valence-electron chi connectivity index (χ2n) is 1.70. The van der Waals surface area contributed by atoms with Crippen LogP contribution in [0.2, 0.25) is 0 Å². The SMILES string of the molecule is OC1C[C@H](O)C[I-]O1. The van der Waals surface area contributed by atoms with Crippen LogP contribution in [0.5, 0.6) is 0 Å². The Balaban J connectivity index is 2.23. The topological polar surface area (TPSA) is 49.7 Å². The van der Waals surface area contributed by atoms with E-state index >= 15 is 0 Å². The fourth-order valence-electron chi connectivity index (χ4n) is 0.514. The van der Waals surface area contributed by atoms with E-state index in [0.29, 0.717) is 6.42 Å². The molecule has 3 nitrogen and oxygen atoms in total. The van der Waals surface area contributed by atoms with Gasteiger partial charge in [-0.2, -0.15) is 0 Å². The summed E-state index contributed by atoms with van der Waals surface area (Å²) in [6.07, 6.45) is -0.613. The molecule has 0 spiro atoms. The monoisotopic (exact) mass is 231 g/mol. The van der Waals surface area contributed by atoms with Crippen molar-refractivity contribution in [2.75, 3.05) is 4.43 Å². The molecule has 1 unspecified atom stereocenters. The summed E-state index contributed by atoms with van der Waals surface area (Å²) in [6.45, 7) is 0. The first kappa shape index (κ1) is 6.73. The first-order valence-electron chi connectivity index (χ1n) is 2.40. The minimum absolute atomic E-state index is 0.313. The molecule has 4 heteroatoms. The zero-order valence-electron chi connectivity index (χ0n) is 4.25. The molecule has 0 amide bonds. The molecule has 0 bridgehead atoms. The van der Waals surface area contributed by atoms with E-state index in [1.54, 1.807) is 0 Å². The fraction of sp³-hybridized carbons (Fsp3) is 1.00. The van der Waals surface area contributed by atoms with Crippen molar-refractivity contribution in [3.8, 4) is 0 Å². The molecule has 0 radical (unpaired) electrons. The Morgan fingerprint density at radius 1 is 1.50 bits per heavy atom. The molecule has 1 rings (SSSR count). The summed E-state index contributed by atoms with van der Waals surface area (Å²) < 4.78 is 5.61. The van der Waals surface area contributed by atoms with Gasteiger partial charge in [0.05, 0.1) is 0 Å². The number of hydrogen-bond acceptors (Lipinski definition) is 3. The third-order valence-corrected chi connectivity index (χ3v) is 3.20. The van der Waals surface area contributed by atoms with Crippen LogP contribution in [0.25, 0.3) is 0 Å². The Labute approximate surface area is 58.5 Å². The van der Waals surface area contributed by atoms with Crippen molar-refractivity contribution in [1.82, 2.24) is 0 Å². The predicted molar refractivity (Wildman–Crippen MR) is 22.6 cm³/mol. The molecule has 0 aromatic carbocycles. The van der Waals surface area contributed by atoms with Gasteiger partial charge in [0, 0.05) is 0 Å². The number of rotatable bonds is 0. The second kappa shape index (κ2) is 2.95. The molecule has 2 N–H and O–H groups in total. The van der Waals surface area contributed by atoms with E-state index in [9.17, 15) is 0 Å². The van der Waals surface area contributed by atoms with Gasteiger partial charge in [0.15, 0.2) is 0 Å². The van der Waals surface area contributed by atoms with Gasteiger partial charge in [0.2, 0.25) is 0 Å². The molecule has 2 atom stereocenters. The molecule has 1 aliphatic rings. The van der Waals surface area contributed by atoms with Gasteiger partial charge in [0.25, 0.3) is 0 Å². The van der Waals surface area contributed by atoms with Gasteiger partial charge in [0.1, 0.15) is 0 Å². The second-order valence-corrected chi connectivity index (χ2v) is 3.71. The van der Waals surface area contributed by atoms with Crippen LogP contribution < -0.4 is 21.6 Å². The van der Waals surface area contributed by atoms with E-state index < -0.39 is 6.29 Å². The third-order valence-electron chi connectivity index (χ3n) is 0.881. The maximum atomic E-state index is 8.87. The molecule has 8 heavy (non-hydrogen) atoms. The summed E-state index contributed by atoms with van der Waals surface area (Å²) in [5, 5.41) is 17.6. The standard InChI is InChI=1S/C4H8IO3/c6-3-1-4(7)8-5-2-3/h3-4,6-7H,1-2H2/q-1/t3-,4?/m0/s1. The molecular formula is C4H8IO3-. The van der Waals surface area contributed by atoms with E-state index in [0.717, 1.165) is 4.43 Å². The number of aliphatic hydroxyl groups excluding tert-OH is 2. The summed E-state index contributed by atoms with van der Waals surface area (Å²) in [6, 6.07) is 0. The van der Waals surface area contributed by atoms with Gasteiger partial charge in [-0.1, -0.05) is 0 Å². The number of alkyl halides is 1. The van der Waals surface area contributed by atoms with Crippen molar-refractivity contribution in [2.24, 2.45) is 0 Å². The van der Waals surface area contributed by atoms with Crippen LogP contribution in [0.4, 0.5) is 0 Å². The van der Waals surface area contributed by atoms with Crippen LogP contribution in [0, 0.1) is 0 Å². The Morgan fingerprint density at radius 3 is 2.62 bits per heavy atom. The normalized spacial score (nSPS) is 40.8. The summed E-state index contributed by atoms with van der Waals surface area (Å²) in [5.41, 5.74) is 0. The average molecular weight is 231 g/mol. The van der Waals surface area contributed by atoms with Gasteiger partial charge in [-0.15, -0.1) is 0 Å². The molecule has 0 aliphatic carbocycles. The first-order valence-corrected chi connectivity index (χ1v) is 4.80. The molecular weight excluding hydrogens is 223 g/mol. The number of aliphatic hydroxyl groups is 2. The van der Waals surface area contributed by atoms with E-state index in [4.69, 9.17) is 13.3 Å². The Hall–Kier alpha value is 0.610. The Bertz CT molecular complexity index is 69.7. The molecule has 0 saturated carbocycles. The fourth-order valence-corrected chi connectivity index (χ4v) is 2.12. The molecule has 0 aromatic rings. The number of halogens is 1. The van der Waals surface area contributed by atoms with E-state index in [2.05, 4.69) is 0 Å². The van der Waals surface area contributed by atoms with Crippen LogP contribution in [-0.4, -0.2) is 27.0 Å². The van der Waals surface area contributed by atoms with Crippen LogP contribution >= 0.6 is 0 Å². The van der Waals surface area contributed by atoms with Gasteiger partial charge >= 0.3 is 58.1 Å². The van der Waals surface area contributed by atoms with Gasteiger partial charge in [-0.05, 0) is 0 Å². The molecule has 0 aromatic heterocycles. The summed E-state index contributed by atoms with van der Waals surface area (Å²) in [5.74, 6) is 0. The van der Waals surface area contributed by atoms with Crippen LogP contribution in [0.15, 0.2) is 0 Å². The molecule has 50 valence electrons. The molecule has 1 aliphatic heterocycles. The summed E-state index contributed by atoms with van der Waals surface area (Å²) in [7, 11) is 0. The van der Waals surface area contributed by atoms with Gasteiger partial charge < -0.3 is 0 Å². The van der Waals surface area contributed by atoms with Gasteiger partial charge in [-0.25, -0.2) is 0 Å². The van der Waals surface area contributed by atoms with Crippen molar-refractivity contribution in [3.05, 3.63) is 0 Å². The molecule has 1 fully saturated rings. The summed E-state index contributed by atoms with van der Waals surface area (Å²) >= 11 is -0.366.